The second-order valence-corrected chi connectivity index (χ2v) is 21.7. The zero-order chi connectivity index (χ0) is 51.6. The number of aliphatic hydroxyl groups excluding tert-OH is 5. The lowest BCUT2D eigenvalue weighted by Crippen LogP contribution is -2.59. The van der Waals surface area contributed by atoms with Gasteiger partial charge >= 0.3 is 5.97 Å². The predicted molar refractivity (Wildman–Crippen MR) is 259 cm³/mol. The molecule has 70 heavy (non-hydrogen) atoms. The zero-order valence-corrected chi connectivity index (χ0v) is 43.8. The Kier molecular flexibility index (Phi) is 22.6. The third-order valence-electron chi connectivity index (χ3n) is 16.1. The van der Waals surface area contributed by atoms with Gasteiger partial charge in [-0.3, -0.25) is 0 Å². The highest BCUT2D eigenvalue weighted by Crippen LogP contribution is 2.45. The number of esters is 1. The number of carbonyl (C=O) groups is 1. The van der Waals surface area contributed by atoms with Crippen molar-refractivity contribution in [3.05, 3.63) is 24.3 Å². The van der Waals surface area contributed by atoms with Gasteiger partial charge in [-0.2, -0.15) is 0 Å². The molecule has 5 heterocycles. The highest BCUT2D eigenvalue weighted by atomic mass is 16.7. The summed E-state index contributed by atoms with van der Waals surface area (Å²) in [5.74, 6) is -2.84. The summed E-state index contributed by atoms with van der Waals surface area (Å²) in [5.41, 5.74) is -3.86. The third-order valence-corrected chi connectivity index (χ3v) is 16.1. The Balaban J connectivity index is 1.38. The summed E-state index contributed by atoms with van der Waals surface area (Å²) >= 11 is 0. The quantitative estimate of drug-likeness (QED) is 0.109. The Labute approximate surface area is 417 Å². The smallest absolute Gasteiger partial charge is 0.330 e. The van der Waals surface area contributed by atoms with Crippen LogP contribution in [-0.4, -0.2) is 171 Å². The minimum Gasteiger partial charge on any atom is -0.459 e. The minimum atomic E-state index is -2.10. The first-order chi connectivity index (χ1) is 33.1. The van der Waals surface area contributed by atoms with Gasteiger partial charge in [0.15, 0.2) is 18.4 Å². The summed E-state index contributed by atoms with van der Waals surface area (Å²) in [5, 5.41) is 80.6. The van der Waals surface area contributed by atoms with E-state index in [-0.39, 0.29) is 37.4 Å². The zero-order valence-electron chi connectivity index (χ0n) is 43.8. The highest BCUT2D eigenvalue weighted by Gasteiger charge is 2.52. The molecule has 22 unspecified atom stereocenters. The van der Waals surface area contributed by atoms with E-state index < -0.39 is 115 Å². The van der Waals surface area contributed by atoms with Crippen molar-refractivity contribution in [3.8, 4) is 0 Å². The summed E-state index contributed by atoms with van der Waals surface area (Å²) in [6, 6.07) is 0. The van der Waals surface area contributed by atoms with Gasteiger partial charge in [0.2, 0.25) is 0 Å². The highest BCUT2D eigenvalue weighted by molar-refractivity contribution is 5.82. The SMILES string of the molecule is CCC(O)CC1CCCC2(CC3OC(=O)/C=C/C(C)(O)C(O)C(C)C(O)C(OC4CC(OC)C(OC5CC(OC)C(O)C(C)O5)C(C)O4)C(O)C(C)(O)CCCCC/C=C/C(CC)CCC(O2)C3C)O1. The fourth-order valence-corrected chi connectivity index (χ4v) is 11.1. The molecule has 0 aromatic carbocycles. The lowest BCUT2D eigenvalue weighted by Gasteiger charge is -2.50. The fourth-order valence-electron chi connectivity index (χ4n) is 11.1. The van der Waals surface area contributed by atoms with Crippen molar-refractivity contribution in [1.29, 1.82) is 0 Å². The van der Waals surface area contributed by atoms with Crippen molar-refractivity contribution in [1.82, 2.24) is 0 Å². The molecule has 0 radical (unpaired) electrons. The molecule has 0 saturated carbocycles. The van der Waals surface area contributed by atoms with Crippen LogP contribution in [0.4, 0.5) is 0 Å². The third kappa shape index (κ3) is 15.7. The summed E-state index contributed by atoms with van der Waals surface area (Å²) in [7, 11) is 3.03. The van der Waals surface area contributed by atoms with Gasteiger partial charge < -0.3 is 78.4 Å². The molecule has 17 heteroatoms. The number of hydrogen-bond acceptors (Lipinski definition) is 17. The second-order valence-electron chi connectivity index (χ2n) is 21.7. The van der Waals surface area contributed by atoms with Gasteiger partial charge in [0.1, 0.15) is 36.1 Å². The van der Waals surface area contributed by atoms with E-state index in [1.807, 2.05) is 13.8 Å². The van der Waals surface area contributed by atoms with Gasteiger partial charge in [-0.05, 0) is 104 Å². The molecule has 0 aliphatic carbocycles. The molecule has 406 valence electrons. The Bertz CT molecular complexity index is 1630. The molecule has 7 N–H and O–H groups in total. The van der Waals surface area contributed by atoms with E-state index in [4.69, 9.17) is 42.6 Å². The molecular weight excluding hydrogens is 909 g/mol. The fraction of sp³-hybridized carbons (Fsp3) is 0.906. The Morgan fingerprint density at radius 1 is 0.757 bits per heavy atom. The maximum absolute atomic E-state index is 13.7. The van der Waals surface area contributed by atoms with Gasteiger partial charge in [0, 0.05) is 57.8 Å². The Hall–Kier alpha value is -1.65. The van der Waals surface area contributed by atoms with E-state index in [2.05, 4.69) is 19.1 Å². The molecule has 5 aliphatic heterocycles. The van der Waals surface area contributed by atoms with Crippen molar-refractivity contribution in [2.75, 3.05) is 14.2 Å². The molecule has 5 rings (SSSR count). The largest absolute Gasteiger partial charge is 0.459 e. The van der Waals surface area contributed by atoms with E-state index in [0.717, 1.165) is 63.5 Å². The summed E-state index contributed by atoms with van der Waals surface area (Å²) in [6.45, 7) is 13.9. The normalized spacial score (nSPS) is 47.1. The van der Waals surface area contributed by atoms with Crippen LogP contribution in [0.3, 0.4) is 0 Å². The Morgan fingerprint density at radius 2 is 1.43 bits per heavy atom. The lowest BCUT2D eigenvalue weighted by molar-refractivity contribution is -0.340. The van der Waals surface area contributed by atoms with Crippen LogP contribution in [0.25, 0.3) is 0 Å². The molecule has 1 spiro atoms. The first-order valence-corrected chi connectivity index (χ1v) is 26.5. The predicted octanol–water partition coefficient (Wildman–Crippen LogP) is 5.28. The van der Waals surface area contributed by atoms with Crippen LogP contribution in [0.1, 0.15) is 158 Å². The number of fused-ring (bicyclic) bond motifs is 2. The van der Waals surface area contributed by atoms with Gasteiger partial charge in [-0.15, -0.1) is 0 Å². The van der Waals surface area contributed by atoms with Crippen LogP contribution in [0.5, 0.6) is 0 Å². The maximum atomic E-state index is 13.7. The van der Waals surface area contributed by atoms with E-state index in [0.29, 0.717) is 38.0 Å². The first-order valence-electron chi connectivity index (χ1n) is 26.5. The molecule has 0 aromatic heterocycles. The number of ether oxygens (including phenoxy) is 9. The van der Waals surface area contributed by atoms with Crippen LogP contribution in [0, 0.1) is 17.8 Å². The van der Waals surface area contributed by atoms with E-state index in [1.54, 1.807) is 13.8 Å². The molecule has 22 atom stereocenters. The van der Waals surface area contributed by atoms with Crippen molar-refractivity contribution < 1.29 is 83.2 Å². The monoisotopic (exact) mass is 1000 g/mol. The van der Waals surface area contributed by atoms with Crippen molar-refractivity contribution in [3.63, 3.8) is 0 Å². The number of allylic oxidation sites excluding steroid dienone is 2. The number of carbonyl (C=O) groups excluding carboxylic acids is 1. The topological polar surface area (TPSA) is 242 Å². The molecule has 17 nitrogen and oxygen atoms in total. The molecule has 0 aromatic rings. The maximum Gasteiger partial charge on any atom is 0.330 e. The van der Waals surface area contributed by atoms with E-state index in [1.165, 1.54) is 35.0 Å². The number of hydrogen-bond donors (Lipinski definition) is 7. The van der Waals surface area contributed by atoms with Crippen LogP contribution < -0.4 is 0 Å². The summed E-state index contributed by atoms with van der Waals surface area (Å²) in [4.78, 5) is 13.7. The average Bonchev–Trinajstić information content (AvgIpc) is 3.32. The average molecular weight is 1000 g/mol. The molecule has 4 fully saturated rings. The van der Waals surface area contributed by atoms with E-state index in [9.17, 15) is 40.5 Å². The summed E-state index contributed by atoms with van der Waals surface area (Å²) < 4.78 is 56.2. The summed E-state index contributed by atoms with van der Waals surface area (Å²) in [6.07, 6.45) is 2.51. The molecular formula is C53H92O17. The lowest BCUT2D eigenvalue weighted by atomic mass is 9.79. The van der Waals surface area contributed by atoms with Crippen LogP contribution in [0.15, 0.2) is 24.3 Å². The van der Waals surface area contributed by atoms with Gasteiger partial charge in [0.25, 0.3) is 0 Å². The van der Waals surface area contributed by atoms with Gasteiger partial charge in [0.05, 0.1) is 60.5 Å². The standard InChI is InChI=1S/C53H92O17/c1-11-35-19-16-14-13-15-17-24-51(7,60)50(59)48(68-44-29-40(63-10)47(34(6)65-44)67-43-28-39(62-9)46(57)33(5)64-43)45(56)32(4)49(58)52(8,61)26-23-42(55)66-41-30-53(70-38(22-21-35)31(41)3)25-18-20-37(69-53)27-36(54)12-2/h16,19,23,26,31-41,43-50,54,56-61H,11-15,17-18,20-22,24-25,27-30H2,1-10H3/b19-16+,26-23+. The van der Waals surface area contributed by atoms with Crippen molar-refractivity contribution in [2.24, 2.45) is 17.8 Å². The molecule has 2 bridgehead atoms. The van der Waals surface area contributed by atoms with E-state index >= 15 is 0 Å². The van der Waals surface area contributed by atoms with Gasteiger partial charge in [-0.1, -0.05) is 52.7 Å². The first kappa shape index (κ1) is 59.2. The van der Waals surface area contributed by atoms with Crippen molar-refractivity contribution in [2.45, 2.75) is 273 Å². The van der Waals surface area contributed by atoms with Crippen LogP contribution in [0.2, 0.25) is 0 Å². The minimum absolute atomic E-state index is 0.0798. The van der Waals surface area contributed by atoms with Gasteiger partial charge in [-0.25, -0.2) is 4.79 Å². The second kappa shape index (κ2) is 26.7. The Morgan fingerprint density at radius 3 is 2.10 bits per heavy atom. The van der Waals surface area contributed by atoms with Crippen LogP contribution >= 0.6 is 0 Å². The molecule has 4 saturated heterocycles. The number of rotatable bonds is 10. The molecule has 0 amide bonds. The van der Waals surface area contributed by atoms with Crippen molar-refractivity contribution >= 4 is 5.97 Å². The number of aliphatic hydroxyl groups is 7. The number of methoxy groups -OCH3 is 2. The van der Waals surface area contributed by atoms with Crippen LogP contribution in [-0.2, 0) is 47.4 Å². The molecule has 5 aliphatic rings.